The highest BCUT2D eigenvalue weighted by Gasteiger charge is 2.41. The molecule has 190 valence electrons. The molecule has 0 saturated heterocycles. The van der Waals surface area contributed by atoms with Crippen molar-refractivity contribution < 1.29 is 26.4 Å². The zero-order valence-corrected chi connectivity index (χ0v) is 20.3. The molecule has 1 N–H and O–H groups in total. The van der Waals surface area contributed by atoms with Gasteiger partial charge in [-0.3, -0.25) is 19.7 Å². The van der Waals surface area contributed by atoms with Gasteiger partial charge in [0.2, 0.25) is 0 Å². The maximum Gasteiger partial charge on any atom is 0.391 e. The lowest BCUT2D eigenvalue weighted by atomic mass is 9.81. The van der Waals surface area contributed by atoms with Gasteiger partial charge in [0.25, 0.3) is 5.91 Å². The summed E-state index contributed by atoms with van der Waals surface area (Å²) in [6.07, 6.45) is 0.283. The van der Waals surface area contributed by atoms with E-state index in [4.69, 9.17) is 0 Å². The smallest absolute Gasteiger partial charge is 0.346 e. The maximum atomic E-state index is 12.9. The average Bonchev–Trinajstić information content (AvgIpc) is 3.24. The maximum absolute atomic E-state index is 12.9. The molecule has 2 aromatic heterocycles. The van der Waals surface area contributed by atoms with Gasteiger partial charge >= 0.3 is 6.18 Å². The fourth-order valence-corrected chi connectivity index (χ4v) is 5.58. The lowest BCUT2D eigenvalue weighted by Crippen LogP contribution is -2.32. The topological polar surface area (TPSA) is 92.3 Å². The number of hydrogen-bond acceptors (Lipinski definition) is 6. The summed E-state index contributed by atoms with van der Waals surface area (Å²) in [5, 5.41) is 2.78. The van der Waals surface area contributed by atoms with Gasteiger partial charge < -0.3 is 5.32 Å². The fraction of sp³-hybridized carbons (Fsp3) is 0.542. The molecule has 35 heavy (non-hydrogen) atoms. The van der Waals surface area contributed by atoms with Crippen LogP contribution in [0.25, 0.3) is 0 Å². The minimum atomic E-state index is -4.09. The predicted molar refractivity (Wildman–Crippen MR) is 123 cm³/mol. The number of nitrogens with zero attached hydrogens (tertiary/aromatic N) is 3. The van der Waals surface area contributed by atoms with Crippen molar-refractivity contribution in [1.82, 2.24) is 20.2 Å². The van der Waals surface area contributed by atoms with E-state index in [1.807, 2.05) is 6.07 Å². The quantitative estimate of drug-likeness (QED) is 0.608. The van der Waals surface area contributed by atoms with Crippen LogP contribution in [-0.2, 0) is 29.5 Å². The first kappa shape index (κ1) is 25.6. The van der Waals surface area contributed by atoms with Crippen molar-refractivity contribution in [3.8, 4) is 0 Å². The molecule has 0 spiro atoms. The Balaban J connectivity index is 1.29. The third-order valence-electron chi connectivity index (χ3n) is 6.88. The fourth-order valence-electron chi connectivity index (χ4n) is 4.76. The number of aromatic nitrogens is 2. The van der Waals surface area contributed by atoms with Crippen LogP contribution in [0.5, 0.6) is 0 Å². The molecule has 1 aliphatic carbocycles. The summed E-state index contributed by atoms with van der Waals surface area (Å²) in [5.74, 6) is -1.24. The minimum absolute atomic E-state index is 0.00724. The molecular weight excluding hydrogens is 481 g/mol. The van der Waals surface area contributed by atoms with Crippen molar-refractivity contribution in [1.29, 1.82) is 0 Å². The number of hydrogen-bond donors (Lipinski definition) is 1. The molecule has 2 aliphatic rings. The number of alkyl halides is 3. The second-order valence-electron chi connectivity index (χ2n) is 9.33. The molecule has 1 saturated carbocycles. The first-order chi connectivity index (χ1) is 16.5. The number of sulfone groups is 1. The standard InChI is InChI=1S/C24H29F3N4O3S/c1-2-35(33,34)21-8-7-20(28-12-21)11-30-23(32)17-9-18-14-31(15-22(18)29-10-17)13-16-3-5-19(6-4-16)24(25,26)27/h7-10,12,16,19H,2-6,11,13-15H2,1H3,(H,30,32)/t16-,19-. The van der Waals surface area contributed by atoms with Crippen LogP contribution in [0.2, 0.25) is 0 Å². The van der Waals surface area contributed by atoms with Crippen molar-refractivity contribution in [3.05, 3.63) is 53.1 Å². The van der Waals surface area contributed by atoms with Gasteiger partial charge in [-0.2, -0.15) is 13.2 Å². The Morgan fingerprint density at radius 1 is 1.11 bits per heavy atom. The number of carbonyl (C=O) groups is 1. The summed E-state index contributed by atoms with van der Waals surface area (Å²) >= 11 is 0. The monoisotopic (exact) mass is 510 g/mol. The summed E-state index contributed by atoms with van der Waals surface area (Å²) in [4.78, 5) is 23.5. The lowest BCUT2D eigenvalue weighted by molar-refractivity contribution is -0.184. The molecule has 3 heterocycles. The first-order valence-corrected chi connectivity index (χ1v) is 13.4. The Morgan fingerprint density at radius 2 is 1.86 bits per heavy atom. The number of halogens is 3. The highest BCUT2D eigenvalue weighted by atomic mass is 32.2. The van der Waals surface area contributed by atoms with Gasteiger partial charge in [-0.25, -0.2) is 8.42 Å². The molecular formula is C24H29F3N4O3S. The van der Waals surface area contributed by atoms with Gasteiger partial charge in [-0.1, -0.05) is 6.92 Å². The van der Waals surface area contributed by atoms with E-state index in [0.717, 1.165) is 17.8 Å². The Kier molecular flexibility index (Phi) is 7.46. The number of fused-ring (bicyclic) bond motifs is 1. The molecule has 0 unspecified atom stereocenters. The number of carbonyl (C=O) groups excluding carboxylic acids is 1. The lowest BCUT2D eigenvalue weighted by Gasteiger charge is -2.32. The van der Waals surface area contributed by atoms with Gasteiger partial charge in [0, 0.05) is 32.0 Å². The molecule has 0 radical (unpaired) electrons. The number of rotatable bonds is 7. The molecule has 0 aromatic carbocycles. The van der Waals surface area contributed by atoms with E-state index in [-0.39, 0.29) is 41.9 Å². The molecule has 4 rings (SSSR count). The van der Waals surface area contributed by atoms with E-state index in [2.05, 4.69) is 20.2 Å². The van der Waals surface area contributed by atoms with Crippen LogP contribution in [0, 0.1) is 11.8 Å². The Hall–Kier alpha value is -2.53. The SMILES string of the molecule is CCS(=O)(=O)c1ccc(CNC(=O)c2cnc3c(c2)CN(C[C@H]2CC[C@H](C(F)(F)F)CC2)C3)nc1. The number of amides is 1. The van der Waals surface area contributed by atoms with Crippen LogP contribution in [0.4, 0.5) is 13.2 Å². The Bertz CT molecular complexity index is 1160. The molecule has 0 atom stereocenters. The Morgan fingerprint density at radius 3 is 2.49 bits per heavy atom. The van der Waals surface area contributed by atoms with Crippen LogP contribution in [0.15, 0.2) is 35.5 Å². The van der Waals surface area contributed by atoms with Crippen molar-refractivity contribution in [2.45, 2.75) is 63.3 Å². The second kappa shape index (κ2) is 10.2. The summed E-state index contributed by atoms with van der Waals surface area (Å²) < 4.78 is 62.5. The van der Waals surface area contributed by atoms with Crippen molar-refractivity contribution in [2.24, 2.45) is 11.8 Å². The minimum Gasteiger partial charge on any atom is -0.346 e. The second-order valence-corrected chi connectivity index (χ2v) is 11.6. The third kappa shape index (κ3) is 6.19. The van der Waals surface area contributed by atoms with Gasteiger partial charge in [-0.05, 0) is 55.4 Å². The number of nitrogens with one attached hydrogen (secondary N) is 1. The van der Waals surface area contributed by atoms with Gasteiger partial charge in [0.15, 0.2) is 9.84 Å². The molecule has 11 heteroatoms. The zero-order valence-electron chi connectivity index (χ0n) is 19.5. The summed E-state index contributed by atoms with van der Waals surface area (Å²) in [5.41, 5.74) is 2.80. The van der Waals surface area contributed by atoms with E-state index in [0.29, 0.717) is 37.2 Å². The van der Waals surface area contributed by atoms with Crippen LogP contribution in [-0.4, -0.2) is 47.7 Å². The summed E-state index contributed by atoms with van der Waals surface area (Å²) in [6, 6.07) is 4.86. The summed E-state index contributed by atoms with van der Waals surface area (Å²) in [6.45, 7) is 3.70. The Labute approximate surface area is 203 Å². The zero-order chi connectivity index (χ0) is 25.2. The number of pyridine rings is 2. The van der Waals surface area contributed by atoms with Crippen LogP contribution in [0.3, 0.4) is 0 Å². The van der Waals surface area contributed by atoms with Crippen molar-refractivity contribution in [2.75, 3.05) is 12.3 Å². The predicted octanol–water partition coefficient (Wildman–Crippen LogP) is 3.88. The van der Waals surface area contributed by atoms with Gasteiger partial charge in [0.1, 0.15) is 0 Å². The van der Waals surface area contributed by atoms with Gasteiger partial charge in [0.05, 0.1) is 40.1 Å². The molecule has 7 nitrogen and oxygen atoms in total. The molecule has 2 aromatic rings. The largest absolute Gasteiger partial charge is 0.391 e. The third-order valence-corrected chi connectivity index (χ3v) is 8.60. The molecule has 1 aliphatic heterocycles. The van der Waals surface area contributed by atoms with Crippen molar-refractivity contribution >= 4 is 15.7 Å². The van der Waals surface area contributed by atoms with Crippen molar-refractivity contribution in [3.63, 3.8) is 0 Å². The van der Waals surface area contributed by atoms with Crippen LogP contribution in [0.1, 0.15) is 59.9 Å². The molecule has 1 fully saturated rings. The normalized spacial score (nSPS) is 21.0. The van der Waals surface area contributed by atoms with E-state index in [9.17, 15) is 26.4 Å². The first-order valence-electron chi connectivity index (χ1n) is 11.8. The van der Waals surface area contributed by atoms with Crippen LogP contribution < -0.4 is 5.32 Å². The molecule has 1 amide bonds. The van der Waals surface area contributed by atoms with Crippen LogP contribution >= 0.6 is 0 Å². The van der Waals surface area contributed by atoms with E-state index in [1.165, 1.54) is 18.5 Å². The van der Waals surface area contributed by atoms with Gasteiger partial charge in [-0.15, -0.1) is 0 Å². The summed E-state index contributed by atoms with van der Waals surface area (Å²) in [7, 11) is -3.32. The highest BCUT2D eigenvalue weighted by molar-refractivity contribution is 7.91. The van der Waals surface area contributed by atoms with E-state index >= 15 is 0 Å². The highest BCUT2D eigenvalue weighted by Crippen LogP contribution is 2.40. The average molecular weight is 511 g/mol. The van der Waals surface area contributed by atoms with E-state index < -0.39 is 21.9 Å². The molecule has 0 bridgehead atoms. The van der Waals surface area contributed by atoms with E-state index in [1.54, 1.807) is 13.0 Å².